The van der Waals surface area contributed by atoms with Gasteiger partial charge in [0, 0.05) is 59.5 Å². The van der Waals surface area contributed by atoms with Crippen molar-refractivity contribution in [1.82, 2.24) is 0 Å². The Kier molecular flexibility index (Phi) is 8.53. The van der Waals surface area contributed by atoms with Crippen LogP contribution in [0.2, 0.25) is 0 Å². The summed E-state index contributed by atoms with van der Waals surface area (Å²) in [4.78, 5) is 2.39. The molecule has 0 bridgehead atoms. The smallest absolute Gasteiger partial charge is 0.178 e. The third kappa shape index (κ3) is 5.69. The molecule has 0 aromatic heterocycles. The highest BCUT2D eigenvalue weighted by Gasteiger charge is 2.44. The van der Waals surface area contributed by atoms with Gasteiger partial charge in [-0.05, 0) is 113 Å². The summed E-state index contributed by atoms with van der Waals surface area (Å²) in [6.45, 7) is 9.57. The lowest BCUT2D eigenvalue weighted by molar-refractivity contribution is 0.0640. The fourth-order valence-corrected chi connectivity index (χ4v) is 9.20. The number of nitrogens with zero attached hydrogens (tertiary/aromatic N) is 2. The van der Waals surface area contributed by atoms with Gasteiger partial charge in [0.05, 0.1) is 32.0 Å². The molecule has 6 nitrogen and oxygen atoms in total. The summed E-state index contributed by atoms with van der Waals surface area (Å²) in [5.41, 5.74) is 10.00. The molecule has 1 aliphatic carbocycles. The zero-order valence-electron chi connectivity index (χ0n) is 30.9. The molecule has 53 heavy (non-hydrogen) atoms. The lowest BCUT2D eigenvalue weighted by Crippen LogP contribution is -2.37. The molecule has 3 heterocycles. The Hall–Kier alpha value is -5.09. The molecule has 268 valence electrons. The minimum Gasteiger partial charge on any atom is -0.497 e. The van der Waals surface area contributed by atoms with E-state index in [1.54, 1.807) is 7.11 Å². The monoisotopic (exact) mass is 702 g/mol. The van der Waals surface area contributed by atoms with Crippen LogP contribution in [0.25, 0.3) is 28.0 Å². The molecule has 0 N–H and O–H groups in total. The van der Waals surface area contributed by atoms with E-state index in [4.69, 9.17) is 18.9 Å². The summed E-state index contributed by atoms with van der Waals surface area (Å²) >= 11 is 0. The van der Waals surface area contributed by atoms with Crippen LogP contribution >= 0.6 is 0 Å². The van der Waals surface area contributed by atoms with Crippen molar-refractivity contribution in [3.05, 3.63) is 130 Å². The largest absolute Gasteiger partial charge is 0.497 e. The minimum atomic E-state index is -0.871. The van der Waals surface area contributed by atoms with Crippen LogP contribution in [-0.2, 0) is 26.9 Å². The highest BCUT2D eigenvalue weighted by atomic mass is 16.5. The normalized spacial score (nSPS) is 20.3. The summed E-state index contributed by atoms with van der Waals surface area (Å²) in [6, 6.07) is 32.9. The third-order valence-corrected chi connectivity index (χ3v) is 12.2. The van der Waals surface area contributed by atoms with Gasteiger partial charge in [0.15, 0.2) is 5.60 Å². The van der Waals surface area contributed by atoms with Crippen molar-refractivity contribution < 1.29 is 18.9 Å². The Morgan fingerprint density at radius 3 is 2.26 bits per heavy atom. The summed E-state index contributed by atoms with van der Waals surface area (Å²) in [5, 5.41) is 12.0. The molecule has 1 atom stereocenters. The Bertz CT molecular complexity index is 2250. The Morgan fingerprint density at radius 1 is 0.830 bits per heavy atom. The molecule has 2 fully saturated rings. The van der Waals surface area contributed by atoms with E-state index in [-0.39, 0.29) is 5.41 Å². The van der Waals surface area contributed by atoms with Gasteiger partial charge < -0.3 is 23.8 Å². The van der Waals surface area contributed by atoms with Crippen molar-refractivity contribution in [3.63, 3.8) is 0 Å². The first-order chi connectivity index (χ1) is 25.9. The predicted molar refractivity (Wildman–Crippen MR) is 211 cm³/mol. The molecule has 4 aliphatic rings. The zero-order chi connectivity index (χ0) is 36.2. The molecule has 0 spiro atoms. The molecule has 5 aromatic rings. The van der Waals surface area contributed by atoms with Crippen molar-refractivity contribution in [2.24, 2.45) is 5.92 Å². The van der Waals surface area contributed by atoms with Crippen LogP contribution in [-0.4, -0.2) is 46.6 Å². The summed E-state index contributed by atoms with van der Waals surface area (Å²) < 4.78 is 24.7. The van der Waals surface area contributed by atoms with E-state index >= 15 is 0 Å². The molecule has 6 heteroatoms. The van der Waals surface area contributed by atoms with Crippen LogP contribution in [0, 0.1) is 17.2 Å². The maximum atomic E-state index is 9.84. The molecule has 0 radical (unpaired) electrons. The van der Waals surface area contributed by atoms with Crippen molar-refractivity contribution in [3.8, 4) is 28.7 Å². The fourth-order valence-electron chi connectivity index (χ4n) is 9.20. The maximum absolute atomic E-state index is 9.84. The SMILES string of the molecule is COc1ccc2c3c(c4c(c2c1)OC(c1ccc(CCC2CCOCC2)cc1)(c1ccc(N2CCOCC2)cc1)C=C4)C(C)(C)c1cc(C#N)ccc1-3. The number of morpholine rings is 1. The van der Waals surface area contributed by atoms with Gasteiger partial charge in [-0.3, -0.25) is 0 Å². The molecular formula is C47H46N2O4. The molecule has 0 amide bonds. The van der Waals surface area contributed by atoms with E-state index in [1.165, 1.54) is 34.4 Å². The lowest BCUT2D eigenvalue weighted by Gasteiger charge is -2.39. The van der Waals surface area contributed by atoms with Crippen molar-refractivity contribution in [2.75, 3.05) is 51.5 Å². The van der Waals surface area contributed by atoms with E-state index in [1.807, 2.05) is 12.1 Å². The molecule has 0 saturated carbocycles. The molecule has 2 saturated heterocycles. The zero-order valence-corrected chi connectivity index (χ0v) is 30.9. The second-order valence-electron chi connectivity index (χ2n) is 15.5. The highest BCUT2D eigenvalue weighted by Crippen LogP contribution is 2.58. The van der Waals surface area contributed by atoms with E-state index in [0.29, 0.717) is 5.56 Å². The number of hydrogen-bond donors (Lipinski definition) is 0. The van der Waals surface area contributed by atoms with Gasteiger partial charge in [-0.1, -0.05) is 62.4 Å². The molecule has 5 aromatic carbocycles. The van der Waals surface area contributed by atoms with Gasteiger partial charge in [-0.15, -0.1) is 0 Å². The van der Waals surface area contributed by atoms with Crippen LogP contribution < -0.4 is 14.4 Å². The fraction of sp³-hybridized carbons (Fsp3) is 0.340. The maximum Gasteiger partial charge on any atom is 0.178 e. The molecular weight excluding hydrogens is 657 g/mol. The van der Waals surface area contributed by atoms with E-state index in [0.717, 1.165) is 109 Å². The van der Waals surface area contributed by atoms with Gasteiger partial charge in [-0.25, -0.2) is 0 Å². The second kappa shape index (κ2) is 13.4. The summed E-state index contributed by atoms with van der Waals surface area (Å²) in [7, 11) is 1.72. The van der Waals surface area contributed by atoms with E-state index in [9.17, 15) is 5.26 Å². The van der Waals surface area contributed by atoms with Gasteiger partial charge >= 0.3 is 0 Å². The average Bonchev–Trinajstić information content (AvgIpc) is 3.46. The van der Waals surface area contributed by atoms with Crippen LogP contribution in [0.3, 0.4) is 0 Å². The van der Waals surface area contributed by atoms with Gasteiger partial charge in [0.2, 0.25) is 0 Å². The van der Waals surface area contributed by atoms with Crippen LogP contribution in [0.15, 0.2) is 91.0 Å². The number of anilines is 1. The third-order valence-electron chi connectivity index (χ3n) is 12.2. The average molecular weight is 703 g/mol. The van der Waals surface area contributed by atoms with Crippen molar-refractivity contribution >= 4 is 22.5 Å². The number of rotatable bonds is 7. The number of nitriles is 1. The first-order valence-electron chi connectivity index (χ1n) is 19.1. The number of hydrogen-bond acceptors (Lipinski definition) is 6. The predicted octanol–water partition coefficient (Wildman–Crippen LogP) is 9.57. The Morgan fingerprint density at radius 2 is 1.55 bits per heavy atom. The van der Waals surface area contributed by atoms with Gasteiger partial charge in [-0.2, -0.15) is 5.26 Å². The van der Waals surface area contributed by atoms with E-state index < -0.39 is 5.60 Å². The van der Waals surface area contributed by atoms with Crippen molar-refractivity contribution in [1.29, 1.82) is 5.26 Å². The first-order valence-corrected chi connectivity index (χ1v) is 19.1. The highest BCUT2D eigenvalue weighted by molar-refractivity contribution is 6.09. The quantitative estimate of drug-likeness (QED) is 0.168. The number of aryl methyl sites for hydroxylation is 1. The number of fused-ring (bicyclic) bond motifs is 8. The molecule has 3 aliphatic heterocycles. The summed E-state index contributed by atoms with van der Waals surface area (Å²) in [5.74, 6) is 2.36. The van der Waals surface area contributed by atoms with Gasteiger partial charge in [0.25, 0.3) is 0 Å². The van der Waals surface area contributed by atoms with Crippen LogP contribution in [0.1, 0.15) is 72.1 Å². The second-order valence-corrected chi connectivity index (χ2v) is 15.5. The molecule has 1 unspecified atom stereocenters. The first kappa shape index (κ1) is 33.7. The number of ether oxygens (including phenoxy) is 4. The Labute approximate surface area is 312 Å². The number of benzene rings is 5. The summed E-state index contributed by atoms with van der Waals surface area (Å²) in [6.07, 6.45) is 9.12. The van der Waals surface area contributed by atoms with Crippen LogP contribution in [0.5, 0.6) is 11.5 Å². The van der Waals surface area contributed by atoms with E-state index in [2.05, 4.69) is 110 Å². The molecule has 9 rings (SSSR count). The minimum absolute atomic E-state index is 0.352. The van der Waals surface area contributed by atoms with Crippen LogP contribution in [0.4, 0.5) is 5.69 Å². The van der Waals surface area contributed by atoms with Gasteiger partial charge in [0.1, 0.15) is 11.5 Å². The standard InChI is InChI=1S/C47H46N2O4/c1-46(2)42-28-33(30-48)8-16-39(42)43-38-17-15-37(50-3)29-41(38)45-40(44(43)46)18-21-47(53-45,35-11-13-36(14-12-35)49-22-26-52-27-23-49)34-9-6-31(7-10-34)4-5-32-19-24-51-25-20-32/h6-18,21,28-29,32H,4-5,19-20,22-27H2,1-3H3. The topological polar surface area (TPSA) is 63.9 Å². The lowest BCUT2D eigenvalue weighted by atomic mass is 9.76. The van der Waals surface area contributed by atoms with Crippen molar-refractivity contribution in [2.45, 2.75) is 50.5 Å². The number of methoxy groups -OCH3 is 1. The Balaban J connectivity index is 1.19.